The maximum absolute atomic E-state index is 5.71. The van der Waals surface area contributed by atoms with Crippen molar-refractivity contribution in [3.63, 3.8) is 0 Å². The number of hydrogen-bond acceptors (Lipinski definition) is 5. The summed E-state index contributed by atoms with van der Waals surface area (Å²) in [5, 5.41) is 7.41. The van der Waals surface area contributed by atoms with Crippen molar-refractivity contribution in [2.75, 3.05) is 5.32 Å². The van der Waals surface area contributed by atoms with Gasteiger partial charge in [-0.3, -0.25) is 0 Å². The summed E-state index contributed by atoms with van der Waals surface area (Å²) in [6.07, 6.45) is 5.43. The Balaban J connectivity index is 1.74. The third kappa shape index (κ3) is 3.10. The summed E-state index contributed by atoms with van der Waals surface area (Å²) >= 11 is 0. The van der Waals surface area contributed by atoms with Crippen LogP contribution >= 0.6 is 0 Å². The van der Waals surface area contributed by atoms with Crippen LogP contribution in [0.2, 0.25) is 0 Å². The van der Waals surface area contributed by atoms with Crippen LogP contribution in [0.3, 0.4) is 0 Å². The van der Waals surface area contributed by atoms with E-state index in [4.69, 9.17) is 4.74 Å². The summed E-state index contributed by atoms with van der Waals surface area (Å²) < 4.78 is 7.43. The molecule has 0 saturated carbocycles. The monoisotopic (exact) mass is 283 g/mol. The van der Waals surface area contributed by atoms with Gasteiger partial charge in [0.2, 0.25) is 5.88 Å². The second-order valence-corrected chi connectivity index (χ2v) is 4.93. The van der Waals surface area contributed by atoms with Gasteiger partial charge in [-0.05, 0) is 26.0 Å². The molecule has 3 rings (SSSR count). The van der Waals surface area contributed by atoms with Gasteiger partial charge in [0.25, 0.3) is 0 Å². The van der Waals surface area contributed by atoms with E-state index >= 15 is 0 Å². The molecule has 0 spiro atoms. The molecule has 0 aliphatic heterocycles. The molecule has 3 aromatic heterocycles. The molecule has 6 heteroatoms. The van der Waals surface area contributed by atoms with Gasteiger partial charge >= 0.3 is 0 Å². The zero-order chi connectivity index (χ0) is 14.7. The van der Waals surface area contributed by atoms with Gasteiger partial charge in [-0.2, -0.15) is 5.10 Å². The second kappa shape index (κ2) is 5.78. The number of nitrogens with zero attached hydrogens (tertiary/aromatic N) is 4. The Morgan fingerprint density at radius 1 is 1.24 bits per heavy atom. The maximum atomic E-state index is 5.71. The fourth-order valence-electron chi connectivity index (χ4n) is 1.98. The van der Waals surface area contributed by atoms with E-state index in [1.807, 2.05) is 44.3 Å². The molecule has 0 aromatic carbocycles. The lowest BCUT2D eigenvalue weighted by Gasteiger charge is -2.13. The number of nitrogens with one attached hydrogen (secondary N) is 1. The molecule has 0 atom stereocenters. The minimum atomic E-state index is 0.0971. The number of pyridine rings is 1. The molecule has 108 valence electrons. The van der Waals surface area contributed by atoms with E-state index in [1.165, 1.54) is 0 Å². The molecule has 3 heterocycles. The predicted molar refractivity (Wildman–Crippen MR) is 80.3 cm³/mol. The van der Waals surface area contributed by atoms with E-state index in [-0.39, 0.29) is 6.10 Å². The molecule has 0 saturated heterocycles. The van der Waals surface area contributed by atoms with Gasteiger partial charge in [0.05, 0.1) is 12.3 Å². The van der Waals surface area contributed by atoms with Gasteiger partial charge < -0.3 is 10.1 Å². The normalized spacial score (nSPS) is 11.0. The largest absolute Gasteiger partial charge is 0.475 e. The molecule has 3 aromatic rings. The lowest BCUT2D eigenvalue weighted by molar-refractivity contribution is 0.230. The Bertz CT molecular complexity index is 738. The van der Waals surface area contributed by atoms with Crippen LogP contribution in [0.25, 0.3) is 5.65 Å². The third-order valence-electron chi connectivity index (χ3n) is 2.92. The molecular formula is C15H17N5O. The van der Waals surface area contributed by atoms with Crippen molar-refractivity contribution in [1.82, 2.24) is 19.6 Å². The van der Waals surface area contributed by atoms with Crippen LogP contribution in [-0.2, 0) is 6.54 Å². The van der Waals surface area contributed by atoms with Crippen LogP contribution in [0.5, 0.6) is 5.88 Å². The number of ether oxygens (including phenoxy) is 1. The highest BCUT2D eigenvalue weighted by atomic mass is 16.5. The van der Waals surface area contributed by atoms with Gasteiger partial charge in [-0.1, -0.05) is 6.07 Å². The molecule has 1 N–H and O–H groups in total. The zero-order valence-electron chi connectivity index (χ0n) is 12.0. The third-order valence-corrected chi connectivity index (χ3v) is 2.92. The first kappa shape index (κ1) is 13.4. The lowest BCUT2D eigenvalue weighted by Crippen LogP contribution is -2.11. The van der Waals surface area contributed by atoms with Crippen molar-refractivity contribution in [3.8, 4) is 5.88 Å². The molecule has 0 aliphatic carbocycles. The molecule has 0 aliphatic rings. The molecular weight excluding hydrogens is 266 g/mol. The van der Waals surface area contributed by atoms with Crippen molar-refractivity contribution >= 4 is 11.5 Å². The highest BCUT2D eigenvalue weighted by Gasteiger charge is 2.07. The summed E-state index contributed by atoms with van der Waals surface area (Å²) in [4.78, 5) is 8.75. The summed E-state index contributed by atoms with van der Waals surface area (Å²) in [6.45, 7) is 4.58. The maximum Gasteiger partial charge on any atom is 0.218 e. The van der Waals surface area contributed by atoms with Crippen molar-refractivity contribution in [2.45, 2.75) is 26.5 Å². The van der Waals surface area contributed by atoms with Gasteiger partial charge in [0, 0.05) is 30.6 Å². The van der Waals surface area contributed by atoms with Crippen LogP contribution in [0.1, 0.15) is 19.4 Å². The fourth-order valence-corrected chi connectivity index (χ4v) is 1.98. The van der Waals surface area contributed by atoms with Gasteiger partial charge in [-0.25, -0.2) is 14.5 Å². The first-order valence-electron chi connectivity index (χ1n) is 6.87. The van der Waals surface area contributed by atoms with Crippen LogP contribution in [0.15, 0.2) is 42.9 Å². The van der Waals surface area contributed by atoms with Gasteiger partial charge in [-0.15, -0.1) is 0 Å². The summed E-state index contributed by atoms with van der Waals surface area (Å²) in [5.74, 6) is 1.45. The summed E-state index contributed by atoms with van der Waals surface area (Å²) in [5.41, 5.74) is 1.81. The average molecular weight is 283 g/mol. The Kier molecular flexibility index (Phi) is 3.68. The number of hydrogen-bond donors (Lipinski definition) is 1. The SMILES string of the molecule is CC(C)Oc1ncccc1CNc1ccn2nccc2n1. The molecule has 0 fully saturated rings. The Morgan fingerprint density at radius 3 is 3.00 bits per heavy atom. The average Bonchev–Trinajstić information content (AvgIpc) is 2.93. The van der Waals surface area contributed by atoms with Crippen molar-refractivity contribution < 1.29 is 4.74 Å². The Morgan fingerprint density at radius 2 is 2.14 bits per heavy atom. The molecule has 6 nitrogen and oxygen atoms in total. The van der Waals surface area contributed by atoms with Crippen LogP contribution < -0.4 is 10.1 Å². The fraction of sp³-hybridized carbons (Fsp3) is 0.267. The van der Waals surface area contributed by atoms with Crippen LogP contribution in [0, 0.1) is 0 Å². The summed E-state index contributed by atoms with van der Waals surface area (Å²) in [7, 11) is 0. The number of fused-ring (bicyclic) bond motifs is 1. The highest BCUT2D eigenvalue weighted by molar-refractivity contribution is 5.46. The zero-order valence-corrected chi connectivity index (χ0v) is 12.0. The number of aromatic nitrogens is 4. The number of anilines is 1. The second-order valence-electron chi connectivity index (χ2n) is 4.93. The minimum Gasteiger partial charge on any atom is -0.475 e. The van der Waals surface area contributed by atoms with Crippen LogP contribution in [-0.4, -0.2) is 25.7 Å². The van der Waals surface area contributed by atoms with Gasteiger partial charge in [0.1, 0.15) is 5.82 Å². The predicted octanol–water partition coefficient (Wildman–Crippen LogP) is 2.52. The standard InChI is InChI=1S/C15H17N5O/c1-11(2)21-15-12(4-3-7-16-15)10-17-13-6-9-20-14(19-13)5-8-18-20/h3-9,11H,10H2,1-2H3,(H,17,19). The smallest absolute Gasteiger partial charge is 0.218 e. The first-order valence-corrected chi connectivity index (χ1v) is 6.87. The molecule has 0 unspecified atom stereocenters. The quantitative estimate of drug-likeness (QED) is 0.779. The molecule has 0 amide bonds. The van der Waals surface area contributed by atoms with E-state index in [0.717, 1.165) is 17.0 Å². The van der Waals surface area contributed by atoms with Crippen LogP contribution in [0.4, 0.5) is 5.82 Å². The molecule has 0 radical (unpaired) electrons. The summed E-state index contributed by atoms with van der Waals surface area (Å²) in [6, 6.07) is 7.65. The topological polar surface area (TPSA) is 64.3 Å². The first-order chi connectivity index (χ1) is 10.2. The van der Waals surface area contributed by atoms with E-state index in [9.17, 15) is 0 Å². The molecule has 0 bridgehead atoms. The van der Waals surface area contributed by atoms with Crippen molar-refractivity contribution in [1.29, 1.82) is 0 Å². The molecule has 21 heavy (non-hydrogen) atoms. The van der Waals surface area contributed by atoms with E-state index in [2.05, 4.69) is 20.4 Å². The van der Waals surface area contributed by atoms with Crippen molar-refractivity contribution in [3.05, 3.63) is 48.4 Å². The highest BCUT2D eigenvalue weighted by Crippen LogP contribution is 2.17. The van der Waals surface area contributed by atoms with E-state index in [1.54, 1.807) is 16.9 Å². The van der Waals surface area contributed by atoms with E-state index in [0.29, 0.717) is 12.4 Å². The van der Waals surface area contributed by atoms with Crippen molar-refractivity contribution in [2.24, 2.45) is 0 Å². The lowest BCUT2D eigenvalue weighted by atomic mass is 10.2. The van der Waals surface area contributed by atoms with Gasteiger partial charge in [0.15, 0.2) is 5.65 Å². The number of rotatable bonds is 5. The minimum absolute atomic E-state index is 0.0971. The Hall–Kier alpha value is -2.63. The van der Waals surface area contributed by atoms with E-state index < -0.39 is 0 Å². The Labute approximate surface area is 122 Å².